The van der Waals surface area contributed by atoms with Crippen molar-refractivity contribution in [1.29, 1.82) is 0 Å². The van der Waals surface area contributed by atoms with Gasteiger partial charge in [0.1, 0.15) is 12.2 Å². The van der Waals surface area contributed by atoms with E-state index in [4.69, 9.17) is 4.74 Å². The average molecular weight is 305 g/mol. The third-order valence-electron chi connectivity index (χ3n) is 3.49. The monoisotopic (exact) mass is 305 g/mol. The van der Waals surface area contributed by atoms with Gasteiger partial charge in [-0.15, -0.1) is 0 Å². The van der Waals surface area contributed by atoms with Crippen LogP contribution in [0.15, 0.2) is 0 Å². The first-order valence-corrected chi connectivity index (χ1v) is 8.32. The van der Waals surface area contributed by atoms with Gasteiger partial charge in [0.2, 0.25) is 21.8 Å². The Hall–Kier alpha value is -1.19. The quantitative estimate of drug-likeness (QED) is 0.628. The molecule has 2 N–H and O–H groups in total. The van der Waals surface area contributed by atoms with Crippen molar-refractivity contribution in [2.45, 2.75) is 18.4 Å². The molecule has 0 radical (unpaired) electrons. The molecular weight excluding hydrogens is 286 g/mol. The van der Waals surface area contributed by atoms with Crippen LogP contribution < -0.4 is 10.0 Å². The van der Waals surface area contributed by atoms with E-state index in [-0.39, 0.29) is 31.4 Å². The number of rotatable bonds is 4. The second kappa shape index (κ2) is 5.66. The summed E-state index contributed by atoms with van der Waals surface area (Å²) in [5.41, 5.74) is -0.478. The van der Waals surface area contributed by atoms with Crippen LogP contribution in [-0.2, 0) is 24.3 Å². The summed E-state index contributed by atoms with van der Waals surface area (Å²) in [6.07, 6.45) is 1.86. The fourth-order valence-corrected chi connectivity index (χ4v) is 2.87. The van der Waals surface area contributed by atoms with Crippen molar-refractivity contribution < 1.29 is 22.7 Å². The number of nitrogens with one attached hydrogen (secondary N) is 2. The Morgan fingerprint density at radius 3 is 2.90 bits per heavy atom. The van der Waals surface area contributed by atoms with Crippen molar-refractivity contribution in [3.05, 3.63) is 0 Å². The fraction of sp³-hybridized carbons (Fsp3) is 0.818. The molecule has 8 nitrogen and oxygen atoms in total. The molecule has 2 aliphatic rings. The lowest BCUT2D eigenvalue weighted by Gasteiger charge is -2.33. The molecule has 9 heteroatoms. The van der Waals surface area contributed by atoms with Crippen molar-refractivity contribution in [3.8, 4) is 0 Å². The van der Waals surface area contributed by atoms with Crippen LogP contribution in [0.1, 0.15) is 12.8 Å². The van der Waals surface area contributed by atoms with E-state index in [1.165, 1.54) is 0 Å². The summed E-state index contributed by atoms with van der Waals surface area (Å²) in [6, 6.07) is 0. The van der Waals surface area contributed by atoms with Crippen LogP contribution >= 0.6 is 0 Å². The zero-order valence-electron chi connectivity index (χ0n) is 11.3. The predicted molar refractivity (Wildman–Crippen MR) is 70.4 cm³/mol. The molecule has 114 valence electrons. The highest BCUT2D eigenvalue weighted by molar-refractivity contribution is 7.88. The molecule has 2 aliphatic heterocycles. The van der Waals surface area contributed by atoms with Gasteiger partial charge in [-0.1, -0.05) is 0 Å². The van der Waals surface area contributed by atoms with E-state index < -0.39 is 15.6 Å². The maximum Gasteiger partial charge on any atom is 0.246 e. The smallest absolute Gasteiger partial charge is 0.246 e. The van der Waals surface area contributed by atoms with E-state index in [0.717, 1.165) is 6.26 Å². The first-order valence-electron chi connectivity index (χ1n) is 6.43. The van der Waals surface area contributed by atoms with Crippen molar-refractivity contribution in [2.75, 3.05) is 39.0 Å². The summed E-state index contributed by atoms with van der Waals surface area (Å²) in [6.45, 7) is 1.53. The minimum absolute atomic E-state index is 0.0255. The molecule has 20 heavy (non-hydrogen) atoms. The van der Waals surface area contributed by atoms with Crippen LogP contribution in [0, 0.1) is 0 Å². The van der Waals surface area contributed by atoms with E-state index in [1.54, 1.807) is 4.90 Å². The minimum Gasteiger partial charge on any atom is -0.361 e. The van der Waals surface area contributed by atoms with Crippen LogP contribution in [-0.4, -0.2) is 69.8 Å². The number of hydrogen-bond acceptors (Lipinski definition) is 5. The lowest BCUT2D eigenvalue weighted by Crippen LogP contribution is -2.54. The van der Waals surface area contributed by atoms with E-state index in [2.05, 4.69) is 10.0 Å². The van der Waals surface area contributed by atoms with E-state index in [1.807, 2.05) is 0 Å². The first kappa shape index (κ1) is 15.2. The van der Waals surface area contributed by atoms with Crippen LogP contribution in [0.25, 0.3) is 0 Å². The SMILES string of the molecule is CS(=O)(=O)NCCC(=O)N1CCC2(CNC(=O)CO2)C1. The van der Waals surface area contributed by atoms with Crippen molar-refractivity contribution in [1.82, 2.24) is 14.9 Å². The highest BCUT2D eigenvalue weighted by Crippen LogP contribution is 2.27. The van der Waals surface area contributed by atoms with Crippen molar-refractivity contribution in [2.24, 2.45) is 0 Å². The van der Waals surface area contributed by atoms with Crippen molar-refractivity contribution >= 4 is 21.8 Å². The molecule has 2 rings (SSSR count). The molecule has 0 aliphatic carbocycles. The highest BCUT2D eigenvalue weighted by Gasteiger charge is 2.43. The Kier molecular flexibility index (Phi) is 4.31. The number of morpholine rings is 1. The molecule has 2 heterocycles. The van der Waals surface area contributed by atoms with Crippen LogP contribution in [0.5, 0.6) is 0 Å². The van der Waals surface area contributed by atoms with Crippen LogP contribution in [0.4, 0.5) is 0 Å². The van der Waals surface area contributed by atoms with Gasteiger partial charge in [0, 0.05) is 26.1 Å². The van der Waals surface area contributed by atoms with Crippen LogP contribution in [0.2, 0.25) is 0 Å². The van der Waals surface area contributed by atoms with Gasteiger partial charge in [0.25, 0.3) is 0 Å². The zero-order valence-corrected chi connectivity index (χ0v) is 12.2. The molecule has 2 saturated heterocycles. The molecule has 1 spiro atoms. The molecule has 0 aromatic rings. The van der Waals surface area contributed by atoms with Gasteiger partial charge in [-0.3, -0.25) is 9.59 Å². The van der Waals surface area contributed by atoms with Gasteiger partial charge in [0.15, 0.2) is 0 Å². The molecule has 2 fully saturated rings. The number of amides is 2. The molecule has 1 unspecified atom stereocenters. The van der Waals surface area contributed by atoms with Gasteiger partial charge in [-0.25, -0.2) is 13.1 Å². The second-order valence-corrected chi connectivity index (χ2v) is 7.06. The average Bonchev–Trinajstić information content (AvgIpc) is 2.76. The summed E-state index contributed by atoms with van der Waals surface area (Å²) in [5, 5.41) is 2.74. The number of carbonyl (C=O) groups is 2. The topological polar surface area (TPSA) is 105 Å². The molecular formula is C11H19N3O5S. The molecule has 2 amide bonds. The lowest BCUT2D eigenvalue weighted by atomic mass is 10.0. The number of likely N-dealkylation sites (tertiary alicyclic amines) is 1. The Labute approximate surface area is 117 Å². The Morgan fingerprint density at radius 2 is 2.30 bits per heavy atom. The number of nitrogens with zero attached hydrogens (tertiary/aromatic N) is 1. The lowest BCUT2D eigenvalue weighted by molar-refractivity contribution is -0.143. The van der Waals surface area contributed by atoms with Gasteiger partial charge in [0.05, 0.1) is 12.8 Å². The summed E-state index contributed by atoms with van der Waals surface area (Å²) in [7, 11) is -3.27. The number of hydrogen-bond donors (Lipinski definition) is 2. The van der Waals surface area contributed by atoms with E-state index in [9.17, 15) is 18.0 Å². The summed E-state index contributed by atoms with van der Waals surface area (Å²) < 4.78 is 29.7. The van der Waals surface area contributed by atoms with Gasteiger partial charge >= 0.3 is 0 Å². The third-order valence-corrected chi connectivity index (χ3v) is 4.22. The molecule has 0 bridgehead atoms. The Balaban J connectivity index is 1.80. The fourth-order valence-electron chi connectivity index (χ4n) is 2.40. The van der Waals surface area contributed by atoms with Gasteiger partial charge < -0.3 is 15.0 Å². The summed E-state index contributed by atoms with van der Waals surface area (Å²) in [4.78, 5) is 24.7. The Bertz CT molecular complexity index is 494. The zero-order chi connectivity index (χ0) is 14.8. The highest BCUT2D eigenvalue weighted by atomic mass is 32.2. The van der Waals surface area contributed by atoms with Gasteiger partial charge in [-0.2, -0.15) is 0 Å². The third kappa shape index (κ3) is 3.90. The maximum atomic E-state index is 12.0. The molecule has 0 saturated carbocycles. The molecule has 1 atom stereocenters. The number of carbonyl (C=O) groups excluding carboxylic acids is 2. The molecule has 0 aromatic heterocycles. The Morgan fingerprint density at radius 1 is 1.55 bits per heavy atom. The summed E-state index contributed by atoms with van der Waals surface area (Å²) >= 11 is 0. The standard InChI is InChI=1S/C11H19N3O5S/c1-20(17,18)13-4-2-10(16)14-5-3-11(8-14)7-12-9(15)6-19-11/h13H,2-8H2,1H3,(H,12,15). The largest absolute Gasteiger partial charge is 0.361 e. The van der Waals surface area contributed by atoms with Crippen LogP contribution in [0.3, 0.4) is 0 Å². The van der Waals surface area contributed by atoms with Crippen molar-refractivity contribution in [3.63, 3.8) is 0 Å². The first-order chi connectivity index (χ1) is 9.30. The van der Waals surface area contributed by atoms with E-state index in [0.29, 0.717) is 26.1 Å². The van der Waals surface area contributed by atoms with Gasteiger partial charge in [-0.05, 0) is 6.42 Å². The predicted octanol–water partition coefficient (Wildman–Crippen LogP) is -1.96. The number of ether oxygens (including phenoxy) is 1. The second-order valence-electron chi connectivity index (χ2n) is 5.23. The van der Waals surface area contributed by atoms with E-state index >= 15 is 0 Å². The maximum absolute atomic E-state index is 12.0. The molecule has 0 aromatic carbocycles. The minimum atomic E-state index is -3.27. The number of sulfonamides is 1. The summed E-state index contributed by atoms with van der Waals surface area (Å²) in [5.74, 6) is -0.253. The normalized spacial score (nSPS) is 26.9.